The maximum absolute atomic E-state index is 12.6. The van der Waals surface area contributed by atoms with Crippen LogP contribution in [0.2, 0.25) is 5.02 Å². The Morgan fingerprint density at radius 3 is 2.38 bits per heavy atom. The van der Waals surface area contributed by atoms with Gasteiger partial charge in [-0.25, -0.2) is 8.42 Å². The van der Waals surface area contributed by atoms with Crippen molar-refractivity contribution in [2.75, 3.05) is 27.2 Å². The molecule has 0 unspecified atom stereocenters. The summed E-state index contributed by atoms with van der Waals surface area (Å²) in [6.07, 6.45) is 0. The standard InChI is InChI=1S/C13H20ClN3O3S/c1-4-17(9-13(18)16(2)3)21(19,20)12-6-5-10(8-15)7-11(12)14/h5-7H,4,8-9,15H2,1-3H3. The summed E-state index contributed by atoms with van der Waals surface area (Å²) in [6.45, 7) is 1.90. The molecule has 1 rings (SSSR count). The van der Waals surface area contributed by atoms with Crippen LogP contribution in [0.3, 0.4) is 0 Å². The molecular formula is C13H20ClN3O3S. The van der Waals surface area contributed by atoms with Gasteiger partial charge in [0.25, 0.3) is 0 Å². The van der Waals surface area contributed by atoms with Crippen LogP contribution in [0.4, 0.5) is 0 Å². The number of hydrogen-bond donors (Lipinski definition) is 1. The second-order valence-corrected chi connectivity index (χ2v) is 7.00. The molecule has 0 aliphatic heterocycles. The number of benzene rings is 1. The molecule has 0 heterocycles. The maximum atomic E-state index is 12.6. The highest BCUT2D eigenvalue weighted by atomic mass is 35.5. The highest BCUT2D eigenvalue weighted by Gasteiger charge is 2.27. The van der Waals surface area contributed by atoms with Crippen molar-refractivity contribution in [3.63, 3.8) is 0 Å². The molecule has 0 aromatic heterocycles. The average Bonchev–Trinajstić information content (AvgIpc) is 2.43. The number of nitrogens with two attached hydrogens (primary N) is 1. The van der Waals surface area contributed by atoms with Crippen molar-refractivity contribution in [2.24, 2.45) is 5.73 Å². The van der Waals surface area contributed by atoms with Crippen molar-refractivity contribution in [2.45, 2.75) is 18.4 Å². The summed E-state index contributed by atoms with van der Waals surface area (Å²) in [5.74, 6) is -0.296. The largest absolute Gasteiger partial charge is 0.348 e. The first-order valence-electron chi connectivity index (χ1n) is 6.42. The molecule has 0 saturated carbocycles. The number of likely N-dealkylation sites (N-methyl/N-ethyl adjacent to an activating group) is 2. The van der Waals surface area contributed by atoms with E-state index in [1.165, 1.54) is 17.0 Å². The fourth-order valence-corrected chi connectivity index (χ4v) is 3.62. The molecule has 8 heteroatoms. The van der Waals surface area contributed by atoms with Crippen LogP contribution in [0.15, 0.2) is 23.1 Å². The molecule has 118 valence electrons. The maximum Gasteiger partial charge on any atom is 0.245 e. The van der Waals surface area contributed by atoms with Gasteiger partial charge < -0.3 is 10.6 Å². The van der Waals surface area contributed by atoms with Gasteiger partial charge in [-0.05, 0) is 17.7 Å². The summed E-state index contributed by atoms with van der Waals surface area (Å²) in [4.78, 5) is 13.1. The van der Waals surface area contributed by atoms with E-state index in [1.54, 1.807) is 27.1 Å². The molecule has 0 aliphatic rings. The van der Waals surface area contributed by atoms with Crippen LogP contribution in [0.1, 0.15) is 12.5 Å². The summed E-state index contributed by atoms with van der Waals surface area (Å²) in [6, 6.07) is 4.55. The highest BCUT2D eigenvalue weighted by molar-refractivity contribution is 7.89. The molecule has 1 aromatic carbocycles. The van der Waals surface area contributed by atoms with E-state index in [0.29, 0.717) is 0 Å². The molecule has 0 fully saturated rings. The second-order valence-electron chi connectivity index (χ2n) is 4.69. The number of amides is 1. The predicted molar refractivity (Wildman–Crippen MR) is 82.5 cm³/mol. The monoisotopic (exact) mass is 333 g/mol. The van der Waals surface area contributed by atoms with Gasteiger partial charge in [0.1, 0.15) is 4.90 Å². The number of rotatable bonds is 6. The van der Waals surface area contributed by atoms with E-state index in [0.717, 1.165) is 9.87 Å². The number of nitrogens with zero attached hydrogens (tertiary/aromatic N) is 2. The number of hydrogen-bond acceptors (Lipinski definition) is 4. The minimum Gasteiger partial charge on any atom is -0.348 e. The Labute approximate surface area is 130 Å². The average molecular weight is 334 g/mol. The summed E-state index contributed by atoms with van der Waals surface area (Å²) in [5, 5.41) is 0.105. The van der Waals surface area contributed by atoms with Gasteiger partial charge in [0.2, 0.25) is 15.9 Å². The Morgan fingerprint density at radius 1 is 1.33 bits per heavy atom. The summed E-state index contributed by atoms with van der Waals surface area (Å²) >= 11 is 6.04. The molecule has 1 amide bonds. The number of halogens is 1. The molecule has 2 N–H and O–H groups in total. The van der Waals surface area contributed by atoms with Gasteiger partial charge in [0, 0.05) is 27.2 Å². The van der Waals surface area contributed by atoms with Gasteiger partial charge in [-0.15, -0.1) is 0 Å². The lowest BCUT2D eigenvalue weighted by molar-refractivity contribution is -0.128. The molecule has 0 saturated heterocycles. The Hall–Kier alpha value is -1.15. The van der Waals surface area contributed by atoms with E-state index in [4.69, 9.17) is 17.3 Å². The smallest absolute Gasteiger partial charge is 0.245 e. The molecule has 0 spiro atoms. The van der Waals surface area contributed by atoms with Gasteiger partial charge in [0.15, 0.2) is 0 Å². The Morgan fingerprint density at radius 2 is 1.95 bits per heavy atom. The zero-order valence-electron chi connectivity index (χ0n) is 12.3. The van der Waals surface area contributed by atoms with Gasteiger partial charge >= 0.3 is 0 Å². The minimum atomic E-state index is -3.82. The van der Waals surface area contributed by atoms with E-state index >= 15 is 0 Å². The van der Waals surface area contributed by atoms with Crippen molar-refractivity contribution in [3.8, 4) is 0 Å². The molecule has 6 nitrogen and oxygen atoms in total. The topological polar surface area (TPSA) is 83.7 Å². The minimum absolute atomic E-state index is 0.0187. The first-order chi connectivity index (χ1) is 9.73. The fraction of sp³-hybridized carbons (Fsp3) is 0.462. The van der Waals surface area contributed by atoms with Gasteiger partial charge in [0.05, 0.1) is 11.6 Å². The molecular weight excluding hydrogens is 314 g/mol. The third kappa shape index (κ3) is 4.16. The van der Waals surface area contributed by atoms with E-state index in [9.17, 15) is 13.2 Å². The lowest BCUT2D eigenvalue weighted by Crippen LogP contribution is -2.40. The predicted octanol–water partition coefficient (Wildman–Crippen LogP) is 0.897. The SMILES string of the molecule is CCN(CC(=O)N(C)C)S(=O)(=O)c1ccc(CN)cc1Cl. The second kappa shape index (κ2) is 7.22. The molecule has 1 aromatic rings. The number of carbonyl (C=O) groups is 1. The zero-order valence-corrected chi connectivity index (χ0v) is 13.9. The van der Waals surface area contributed by atoms with Crippen LogP contribution in [-0.2, 0) is 21.4 Å². The Balaban J connectivity index is 3.16. The van der Waals surface area contributed by atoms with Crippen LogP contribution < -0.4 is 5.73 Å². The Kier molecular flexibility index (Phi) is 6.15. The molecule has 21 heavy (non-hydrogen) atoms. The number of sulfonamides is 1. The first-order valence-corrected chi connectivity index (χ1v) is 8.24. The molecule has 0 bridgehead atoms. The summed E-state index contributed by atoms with van der Waals surface area (Å²) in [7, 11) is -0.672. The van der Waals surface area contributed by atoms with Crippen LogP contribution in [0, 0.1) is 0 Å². The quantitative estimate of drug-likeness (QED) is 0.838. The van der Waals surface area contributed by atoms with Crippen molar-refractivity contribution in [1.29, 1.82) is 0 Å². The fourth-order valence-electron chi connectivity index (χ4n) is 1.68. The normalized spacial score (nSPS) is 11.7. The van der Waals surface area contributed by atoms with E-state index < -0.39 is 10.0 Å². The van der Waals surface area contributed by atoms with Crippen LogP contribution in [-0.4, -0.2) is 50.7 Å². The third-order valence-electron chi connectivity index (χ3n) is 3.01. The van der Waals surface area contributed by atoms with Crippen molar-refractivity contribution in [3.05, 3.63) is 28.8 Å². The molecule has 0 aliphatic carbocycles. The third-order valence-corrected chi connectivity index (χ3v) is 5.42. The molecule has 0 radical (unpaired) electrons. The van der Waals surface area contributed by atoms with Gasteiger partial charge in [-0.2, -0.15) is 4.31 Å². The zero-order chi connectivity index (χ0) is 16.2. The van der Waals surface area contributed by atoms with Crippen molar-refractivity contribution < 1.29 is 13.2 Å². The van der Waals surface area contributed by atoms with Gasteiger partial charge in [-0.1, -0.05) is 24.6 Å². The molecule has 0 atom stereocenters. The van der Waals surface area contributed by atoms with Crippen LogP contribution in [0.25, 0.3) is 0 Å². The first kappa shape index (κ1) is 17.9. The van der Waals surface area contributed by atoms with E-state index in [2.05, 4.69) is 0 Å². The van der Waals surface area contributed by atoms with Crippen LogP contribution in [0.5, 0.6) is 0 Å². The number of carbonyl (C=O) groups excluding carboxylic acids is 1. The van der Waals surface area contributed by atoms with E-state index in [-0.39, 0.29) is 35.5 Å². The van der Waals surface area contributed by atoms with E-state index in [1.807, 2.05) is 0 Å². The van der Waals surface area contributed by atoms with Crippen LogP contribution >= 0.6 is 11.6 Å². The summed E-state index contributed by atoms with van der Waals surface area (Å²) < 4.78 is 26.3. The highest BCUT2D eigenvalue weighted by Crippen LogP contribution is 2.25. The van der Waals surface area contributed by atoms with Crippen molar-refractivity contribution >= 4 is 27.5 Å². The lowest BCUT2D eigenvalue weighted by atomic mass is 10.2. The lowest BCUT2D eigenvalue weighted by Gasteiger charge is -2.22. The van der Waals surface area contributed by atoms with Crippen molar-refractivity contribution in [1.82, 2.24) is 9.21 Å². The summed E-state index contributed by atoms with van der Waals surface area (Å²) in [5.41, 5.74) is 6.24. The Bertz CT molecular complexity index is 617. The van der Waals surface area contributed by atoms with Gasteiger partial charge in [-0.3, -0.25) is 4.79 Å².